The first-order chi connectivity index (χ1) is 12.1. The zero-order valence-electron chi connectivity index (χ0n) is 13.4. The summed E-state index contributed by atoms with van der Waals surface area (Å²) in [5.41, 5.74) is 2.84. The van der Waals surface area contributed by atoms with E-state index >= 15 is 0 Å². The molecule has 0 fully saturated rings. The molecule has 1 heterocycles. The number of nitrogens with one attached hydrogen (secondary N) is 2. The van der Waals surface area contributed by atoms with E-state index < -0.39 is 10.0 Å². The zero-order chi connectivity index (χ0) is 17.4. The number of rotatable bonds is 3. The summed E-state index contributed by atoms with van der Waals surface area (Å²) < 4.78 is 28.9. The average Bonchev–Trinajstić information content (AvgIpc) is 2.62. The topological polar surface area (TPSA) is 58.2 Å². The van der Waals surface area contributed by atoms with Crippen LogP contribution in [0.3, 0.4) is 0 Å². The molecule has 3 aromatic carbocycles. The van der Waals surface area contributed by atoms with E-state index in [2.05, 4.69) is 10.0 Å². The number of sulfonamides is 1. The number of hydrogen-bond acceptors (Lipinski definition) is 3. The Morgan fingerprint density at radius 2 is 1.72 bits per heavy atom. The molecule has 0 saturated heterocycles. The molecule has 1 aliphatic heterocycles. The lowest BCUT2D eigenvalue weighted by atomic mass is 9.99. The lowest BCUT2D eigenvalue weighted by Gasteiger charge is -2.21. The second-order valence-electron chi connectivity index (χ2n) is 6.07. The standard InChI is InChI=1S/C19H17ClN2O2S/c20-17-7-2-6-16-15(17)5-3-9-19(16)25(23,24)22-18-8-1-4-13-12-21-11-10-14(13)18/h1-9,21-22H,10-12H2. The fraction of sp³-hybridized carbons (Fsp3) is 0.158. The van der Waals surface area contributed by atoms with Crippen molar-refractivity contribution in [3.05, 3.63) is 70.7 Å². The van der Waals surface area contributed by atoms with Crippen molar-refractivity contribution in [3.8, 4) is 0 Å². The molecule has 3 aromatic rings. The van der Waals surface area contributed by atoms with Gasteiger partial charge in [0.15, 0.2) is 0 Å². The van der Waals surface area contributed by atoms with Crippen LogP contribution in [-0.2, 0) is 23.0 Å². The molecule has 4 rings (SSSR count). The molecule has 1 aliphatic rings. The normalized spacial score (nSPS) is 14.3. The Morgan fingerprint density at radius 1 is 0.960 bits per heavy atom. The van der Waals surface area contributed by atoms with Gasteiger partial charge in [0.1, 0.15) is 0 Å². The van der Waals surface area contributed by atoms with Gasteiger partial charge in [0.2, 0.25) is 0 Å². The highest BCUT2D eigenvalue weighted by molar-refractivity contribution is 7.93. The first-order valence-electron chi connectivity index (χ1n) is 8.08. The molecular weight excluding hydrogens is 356 g/mol. The number of fused-ring (bicyclic) bond motifs is 2. The van der Waals surface area contributed by atoms with Crippen molar-refractivity contribution in [1.82, 2.24) is 5.32 Å². The predicted molar refractivity (Wildman–Crippen MR) is 102 cm³/mol. The highest BCUT2D eigenvalue weighted by atomic mass is 35.5. The summed E-state index contributed by atoms with van der Waals surface area (Å²) in [6.45, 7) is 1.60. The maximum atomic E-state index is 13.0. The van der Waals surface area contributed by atoms with E-state index in [0.717, 1.165) is 36.0 Å². The summed E-state index contributed by atoms with van der Waals surface area (Å²) in [7, 11) is -3.72. The van der Waals surface area contributed by atoms with Crippen LogP contribution in [0, 0.1) is 0 Å². The fourth-order valence-electron chi connectivity index (χ4n) is 3.30. The Hall–Kier alpha value is -2.08. The van der Waals surface area contributed by atoms with Gasteiger partial charge < -0.3 is 5.32 Å². The largest absolute Gasteiger partial charge is 0.312 e. The second kappa shape index (κ2) is 6.33. The monoisotopic (exact) mass is 372 g/mol. The molecule has 0 atom stereocenters. The average molecular weight is 373 g/mol. The summed E-state index contributed by atoms with van der Waals surface area (Å²) in [6.07, 6.45) is 0.801. The van der Waals surface area contributed by atoms with Gasteiger partial charge in [-0.2, -0.15) is 0 Å². The van der Waals surface area contributed by atoms with Crippen molar-refractivity contribution < 1.29 is 8.42 Å². The Morgan fingerprint density at radius 3 is 2.60 bits per heavy atom. The van der Waals surface area contributed by atoms with Gasteiger partial charge in [0.05, 0.1) is 10.6 Å². The first-order valence-corrected chi connectivity index (χ1v) is 9.94. The van der Waals surface area contributed by atoms with Crippen LogP contribution in [-0.4, -0.2) is 15.0 Å². The minimum Gasteiger partial charge on any atom is -0.312 e. The molecule has 0 spiro atoms. The van der Waals surface area contributed by atoms with Crippen LogP contribution in [0.4, 0.5) is 5.69 Å². The third kappa shape index (κ3) is 2.99. The Balaban J connectivity index is 1.81. The number of benzene rings is 3. The molecule has 0 aliphatic carbocycles. The predicted octanol–water partition coefficient (Wildman–Crippen LogP) is 3.94. The van der Waals surface area contributed by atoms with Crippen molar-refractivity contribution in [2.45, 2.75) is 17.9 Å². The van der Waals surface area contributed by atoms with Crippen LogP contribution in [0.25, 0.3) is 10.8 Å². The minimum atomic E-state index is -3.72. The highest BCUT2D eigenvalue weighted by Gasteiger charge is 2.21. The maximum absolute atomic E-state index is 13.0. The quantitative estimate of drug-likeness (QED) is 0.732. The molecule has 128 valence electrons. The van der Waals surface area contributed by atoms with E-state index in [4.69, 9.17) is 11.6 Å². The molecule has 25 heavy (non-hydrogen) atoms. The molecule has 0 amide bonds. The van der Waals surface area contributed by atoms with Gasteiger partial charge in [-0.05, 0) is 42.3 Å². The van der Waals surface area contributed by atoms with Gasteiger partial charge in [-0.15, -0.1) is 0 Å². The maximum Gasteiger partial charge on any atom is 0.262 e. The molecule has 0 aromatic heterocycles. The van der Waals surface area contributed by atoms with Crippen molar-refractivity contribution in [3.63, 3.8) is 0 Å². The molecule has 0 saturated carbocycles. The highest BCUT2D eigenvalue weighted by Crippen LogP contribution is 2.31. The molecule has 0 bridgehead atoms. The van der Waals surface area contributed by atoms with E-state index in [1.807, 2.05) is 24.3 Å². The van der Waals surface area contributed by atoms with Gasteiger partial charge >= 0.3 is 0 Å². The second-order valence-corrected chi connectivity index (χ2v) is 8.12. The van der Waals surface area contributed by atoms with Crippen LogP contribution in [0.1, 0.15) is 11.1 Å². The Bertz CT molecular complexity index is 1060. The molecular formula is C19H17ClN2O2S. The van der Waals surface area contributed by atoms with Crippen molar-refractivity contribution in [2.75, 3.05) is 11.3 Å². The van der Waals surface area contributed by atoms with Crippen LogP contribution in [0.5, 0.6) is 0 Å². The summed E-state index contributed by atoms with van der Waals surface area (Å²) in [5, 5.41) is 5.19. The summed E-state index contributed by atoms with van der Waals surface area (Å²) in [4.78, 5) is 0.235. The van der Waals surface area contributed by atoms with Crippen LogP contribution in [0.2, 0.25) is 5.02 Å². The van der Waals surface area contributed by atoms with Crippen molar-refractivity contribution >= 4 is 38.1 Å². The number of halogens is 1. The third-order valence-corrected chi connectivity index (χ3v) is 6.26. The molecule has 6 heteroatoms. The fourth-order valence-corrected chi connectivity index (χ4v) is 4.86. The van der Waals surface area contributed by atoms with Gasteiger partial charge in [-0.25, -0.2) is 8.42 Å². The smallest absolute Gasteiger partial charge is 0.262 e. The number of anilines is 1. The van der Waals surface area contributed by atoms with Gasteiger partial charge in [0.25, 0.3) is 10.0 Å². The molecule has 0 radical (unpaired) electrons. The Labute approximate surface area is 151 Å². The number of hydrogen-bond donors (Lipinski definition) is 2. The van der Waals surface area contributed by atoms with Gasteiger partial charge in [-0.3, -0.25) is 4.72 Å². The van der Waals surface area contributed by atoms with Crippen molar-refractivity contribution in [2.24, 2.45) is 0 Å². The van der Waals surface area contributed by atoms with Gasteiger partial charge in [0, 0.05) is 22.3 Å². The first kappa shape index (κ1) is 16.4. The molecule has 0 unspecified atom stereocenters. The molecule has 2 N–H and O–H groups in total. The zero-order valence-corrected chi connectivity index (χ0v) is 15.0. The van der Waals surface area contributed by atoms with E-state index in [1.165, 1.54) is 0 Å². The van der Waals surface area contributed by atoms with Crippen LogP contribution in [0.15, 0.2) is 59.5 Å². The van der Waals surface area contributed by atoms with E-state index in [-0.39, 0.29) is 4.90 Å². The lowest BCUT2D eigenvalue weighted by molar-refractivity contribution is 0.601. The van der Waals surface area contributed by atoms with Crippen LogP contribution >= 0.6 is 11.6 Å². The summed E-state index contributed by atoms with van der Waals surface area (Å²) in [6, 6.07) is 16.2. The Kier molecular flexibility index (Phi) is 4.15. The van der Waals surface area contributed by atoms with E-state index in [1.54, 1.807) is 30.3 Å². The third-order valence-electron chi connectivity index (χ3n) is 4.50. The summed E-state index contributed by atoms with van der Waals surface area (Å²) in [5.74, 6) is 0. The summed E-state index contributed by atoms with van der Waals surface area (Å²) >= 11 is 6.21. The lowest BCUT2D eigenvalue weighted by Crippen LogP contribution is -2.25. The van der Waals surface area contributed by atoms with Crippen LogP contribution < -0.4 is 10.0 Å². The van der Waals surface area contributed by atoms with Gasteiger partial charge in [-0.1, -0.05) is 48.0 Å². The minimum absolute atomic E-state index is 0.235. The van der Waals surface area contributed by atoms with E-state index in [0.29, 0.717) is 16.1 Å². The SMILES string of the molecule is O=S(=O)(Nc1cccc2c1CCNC2)c1cccc2c(Cl)cccc12. The molecule has 4 nitrogen and oxygen atoms in total. The van der Waals surface area contributed by atoms with Crippen molar-refractivity contribution in [1.29, 1.82) is 0 Å². The van der Waals surface area contributed by atoms with E-state index in [9.17, 15) is 8.42 Å².